The third-order valence-electron chi connectivity index (χ3n) is 5.01. The lowest BCUT2D eigenvalue weighted by atomic mass is 9.90. The predicted molar refractivity (Wildman–Crippen MR) is 113 cm³/mol. The van der Waals surface area contributed by atoms with Gasteiger partial charge in [-0.15, -0.1) is 0 Å². The minimum atomic E-state index is -4.71. The van der Waals surface area contributed by atoms with Crippen molar-refractivity contribution >= 4 is 32.7 Å². The van der Waals surface area contributed by atoms with E-state index in [1.54, 1.807) is 17.2 Å². The number of hydrogen-bond donors (Lipinski definition) is 0. The van der Waals surface area contributed by atoms with E-state index < -0.39 is 32.8 Å². The van der Waals surface area contributed by atoms with E-state index in [1.165, 1.54) is 31.5 Å². The number of methoxy groups -OCH3 is 1. The molecule has 1 unspecified atom stereocenters. The van der Waals surface area contributed by atoms with Gasteiger partial charge in [-0.3, -0.25) is 0 Å². The summed E-state index contributed by atoms with van der Waals surface area (Å²) in [5.41, 5.74) is 0.362. The minimum Gasteiger partial charge on any atom is -0.744 e. The van der Waals surface area contributed by atoms with Crippen molar-refractivity contribution in [1.82, 2.24) is 4.98 Å². The normalized spacial score (nSPS) is 15.8. The van der Waals surface area contributed by atoms with Crippen LogP contribution < -0.4 is 9.64 Å². The van der Waals surface area contributed by atoms with Crippen LogP contribution in [0.4, 0.5) is 18.3 Å². The monoisotopic (exact) mass is 492 g/mol. The zero-order valence-corrected chi connectivity index (χ0v) is 18.3. The molecule has 0 N–H and O–H groups in total. The summed E-state index contributed by atoms with van der Waals surface area (Å²) in [6.07, 6.45) is -0.0857. The Bertz CT molecular complexity index is 1410. The molecular weight excluding hydrogens is 479 g/mol. The number of rotatable bonds is 4. The second kappa shape index (κ2) is 8.18. The molecule has 170 valence electrons. The number of nitriles is 1. The van der Waals surface area contributed by atoms with Crippen molar-refractivity contribution in [2.45, 2.75) is 17.1 Å². The molecule has 0 aliphatic carbocycles. The molecule has 4 rings (SSSR count). The fourth-order valence-electron chi connectivity index (χ4n) is 3.54. The van der Waals surface area contributed by atoms with E-state index in [-0.39, 0.29) is 5.75 Å². The first kappa shape index (κ1) is 22.8. The zero-order valence-electron chi connectivity index (χ0n) is 16.7. The van der Waals surface area contributed by atoms with Crippen molar-refractivity contribution in [3.63, 3.8) is 0 Å². The lowest BCUT2D eigenvalue weighted by Gasteiger charge is -2.34. The molecule has 2 aromatic carbocycles. The average molecular weight is 492 g/mol. The molecule has 1 aliphatic rings. The van der Waals surface area contributed by atoms with Crippen molar-refractivity contribution in [3.05, 3.63) is 75.9 Å². The molecule has 3 aromatic rings. The Balaban J connectivity index is 1.93. The maximum atomic E-state index is 13.3. The molecule has 1 aliphatic heterocycles. The van der Waals surface area contributed by atoms with Crippen molar-refractivity contribution in [2.75, 3.05) is 12.0 Å². The highest BCUT2D eigenvalue weighted by molar-refractivity contribution is 7.85. The second-order valence-electron chi connectivity index (χ2n) is 6.94. The number of nitrogens with zero attached hydrogens (tertiary/aromatic N) is 3. The molecule has 12 heteroatoms. The molecule has 0 bridgehead atoms. The number of fused-ring (bicyclic) bond motifs is 1. The summed E-state index contributed by atoms with van der Waals surface area (Å²) < 4.78 is 79.4. The van der Waals surface area contributed by atoms with Crippen molar-refractivity contribution in [3.8, 4) is 11.8 Å². The van der Waals surface area contributed by atoms with Crippen LogP contribution in [0.2, 0.25) is 0 Å². The van der Waals surface area contributed by atoms with Crippen LogP contribution in [-0.4, -0.2) is 25.1 Å². The first-order chi connectivity index (χ1) is 15.5. The second-order valence-corrected chi connectivity index (χ2v) is 9.33. The molecule has 1 atom stereocenters. The van der Waals surface area contributed by atoms with E-state index in [9.17, 15) is 26.1 Å². The summed E-state index contributed by atoms with van der Waals surface area (Å²) in [5.74, 6) is -0.0429. The summed E-state index contributed by atoms with van der Waals surface area (Å²) in [5, 5.41) is 9.55. The molecule has 0 saturated carbocycles. The lowest BCUT2D eigenvalue weighted by molar-refractivity contribution is -0.137. The third kappa shape index (κ3) is 4.30. The summed E-state index contributed by atoms with van der Waals surface area (Å²) >= 11 is 1.08. The number of thiazole rings is 1. The number of alkyl halides is 3. The van der Waals surface area contributed by atoms with Gasteiger partial charge < -0.3 is 14.2 Å². The standard InChI is InChI=1S/C21H14F3N3O4S2/c1-31-18-9-13(21(22,23)24)2-4-17(18)19-16-5-3-15(33(28,29)30)8-12(16)6-7-27(19)20-26-11-14(10-25)32-20/h2-9,11,19H,1H3,(H,28,29,30)/p-1. The average Bonchev–Trinajstić information content (AvgIpc) is 3.25. The van der Waals surface area contributed by atoms with Gasteiger partial charge in [-0.2, -0.15) is 18.4 Å². The van der Waals surface area contributed by atoms with Gasteiger partial charge in [-0.25, -0.2) is 13.4 Å². The largest absolute Gasteiger partial charge is 0.744 e. The Morgan fingerprint density at radius 1 is 1.21 bits per heavy atom. The number of halogens is 3. The van der Waals surface area contributed by atoms with Gasteiger partial charge >= 0.3 is 6.18 Å². The molecule has 7 nitrogen and oxygen atoms in total. The Labute approximate surface area is 190 Å². The Morgan fingerprint density at radius 3 is 2.55 bits per heavy atom. The van der Waals surface area contributed by atoms with Gasteiger partial charge in [0.05, 0.1) is 29.8 Å². The number of hydrogen-bond acceptors (Lipinski definition) is 8. The summed E-state index contributed by atoms with van der Waals surface area (Å²) in [6, 6.07) is 8.07. The van der Waals surface area contributed by atoms with Crippen LogP contribution in [0.5, 0.6) is 5.75 Å². The van der Waals surface area contributed by atoms with E-state index in [2.05, 4.69) is 4.98 Å². The highest BCUT2D eigenvalue weighted by atomic mass is 32.2. The number of anilines is 1. The highest BCUT2D eigenvalue weighted by Gasteiger charge is 2.35. The predicted octanol–water partition coefficient (Wildman–Crippen LogP) is 4.53. The Kier molecular flexibility index (Phi) is 5.65. The fraction of sp³-hybridized carbons (Fsp3) is 0.143. The smallest absolute Gasteiger partial charge is 0.416 e. The van der Waals surface area contributed by atoms with Crippen molar-refractivity contribution in [2.24, 2.45) is 0 Å². The number of aromatic nitrogens is 1. The molecule has 0 saturated heterocycles. The molecule has 1 aromatic heterocycles. The van der Waals surface area contributed by atoms with Gasteiger partial charge in [0.2, 0.25) is 0 Å². The van der Waals surface area contributed by atoms with Crippen LogP contribution in [0, 0.1) is 11.3 Å². The van der Waals surface area contributed by atoms with Crippen LogP contribution in [0.3, 0.4) is 0 Å². The van der Waals surface area contributed by atoms with Crippen LogP contribution in [-0.2, 0) is 16.3 Å². The maximum Gasteiger partial charge on any atom is 0.416 e. The number of ether oxygens (including phenoxy) is 1. The lowest BCUT2D eigenvalue weighted by Crippen LogP contribution is -2.28. The molecule has 0 amide bonds. The summed E-state index contributed by atoms with van der Waals surface area (Å²) in [6.45, 7) is 0. The van der Waals surface area contributed by atoms with Gasteiger partial charge in [0.1, 0.15) is 26.8 Å². The van der Waals surface area contributed by atoms with Crippen molar-refractivity contribution in [1.29, 1.82) is 5.26 Å². The van der Waals surface area contributed by atoms with Crippen LogP contribution >= 0.6 is 11.3 Å². The van der Waals surface area contributed by atoms with Gasteiger partial charge in [0.25, 0.3) is 0 Å². The Morgan fingerprint density at radius 2 is 1.94 bits per heavy atom. The molecule has 33 heavy (non-hydrogen) atoms. The van der Waals surface area contributed by atoms with Crippen molar-refractivity contribution < 1.29 is 30.9 Å². The molecule has 0 spiro atoms. The number of benzene rings is 2. The fourth-order valence-corrected chi connectivity index (χ4v) is 4.77. The highest BCUT2D eigenvalue weighted by Crippen LogP contribution is 2.44. The zero-order chi connectivity index (χ0) is 24.0. The van der Waals surface area contributed by atoms with E-state index in [0.717, 1.165) is 29.5 Å². The maximum absolute atomic E-state index is 13.3. The van der Waals surface area contributed by atoms with E-state index >= 15 is 0 Å². The molecule has 0 fully saturated rings. The van der Waals surface area contributed by atoms with Crippen LogP contribution in [0.1, 0.15) is 33.2 Å². The van der Waals surface area contributed by atoms with Crippen LogP contribution in [0.25, 0.3) is 6.08 Å². The van der Waals surface area contributed by atoms with Gasteiger partial charge in [-0.05, 0) is 41.5 Å². The van der Waals surface area contributed by atoms with Gasteiger partial charge in [0.15, 0.2) is 5.13 Å². The van der Waals surface area contributed by atoms with E-state index in [0.29, 0.717) is 26.7 Å². The minimum absolute atomic E-state index is 0.0429. The first-order valence-electron chi connectivity index (χ1n) is 9.20. The topological polar surface area (TPSA) is 106 Å². The third-order valence-corrected chi connectivity index (χ3v) is 6.76. The summed E-state index contributed by atoms with van der Waals surface area (Å²) in [4.78, 5) is 5.77. The van der Waals surface area contributed by atoms with Gasteiger partial charge in [0, 0.05) is 11.8 Å². The van der Waals surface area contributed by atoms with Gasteiger partial charge in [-0.1, -0.05) is 23.5 Å². The Hall–Kier alpha value is -3.40. The van der Waals surface area contributed by atoms with Crippen LogP contribution in [0.15, 0.2) is 53.7 Å². The quantitative estimate of drug-likeness (QED) is 0.493. The first-order valence-corrected chi connectivity index (χ1v) is 11.4. The molecule has 0 radical (unpaired) electrons. The van der Waals surface area contributed by atoms with E-state index in [4.69, 9.17) is 10.00 Å². The van der Waals surface area contributed by atoms with E-state index in [1.807, 2.05) is 6.07 Å². The molecule has 2 heterocycles. The molecular formula is C21H13F3N3O4S2-. The SMILES string of the molecule is COc1cc(C(F)(F)F)ccc1C1c2ccc(S(=O)(=O)[O-])cc2C=CN1c1ncc(C#N)s1. The summed E-state index contributed by atoms with van der Waals surface area (Å²) in [7, 11) is -3.47.